The van der Waals surface area contributed by atoms with Crippen molar-refractivity contribution in [3.05, 3.63) is 65.0 Å². The van der Waals surface area contributed by atoms with Crippen molar-refractivity contribution in [1.29, 1.82) is 0 Å². The molecular formula is C20H23N3O2S. The first-order chi connectivity index (χ1) is 12.7. The molecule has 0 saturated heterocycles. The fourth-order valence-corrected chi connectivity index (χ4v) is 3.25. The van der Waals surface area contributed by atoms with E-state index in [0.717, 1.165) is 41.8 Å². The summed E-state index contributed by atoms with van der Waals surface area (Å²) in [4.78, 5) is 4.57. The van der Waals surface area contributed by atoms with Crippen LogP contribution >= 0.6 is 11.5 Å². The van der Waals surface area contributed by atoms with Gasteiger partial charge in [-0.1, -0.05) is 35.9 Å². The molecule has 1 heterocycles. The van der Waals surface area contributed by atoms with E-state index in [1.807, 2.05) is 18.2 Å². The fraction of sp³-hybridized carbons (Fsp3) is 0.300. The number of hydrogen-bond donors (Lipinski definition) is 1. The summed E-state index contributed by atoms with van der Waals surface area (Å²) in [5.74, 6) is 2.35. The van der Waals surface area contributed by atoms with Gasteiger partial charge in [-0.3, -0.25) is 0 Å². The Bertz CT molecular complexity index is 847. The number of benzene rings is 2. The zero-order valence-corrected chi connectivity index (χ0v) is 16.1. The van der Waals surface area contributed by atoms with Gasteiger partial charge in [0.2, 0.25) is 5.13 Å². The van der Waals surface area contributed by atoms with Gasteiger partial charge in [-0.05, 0) is 36.6 Å². The molecule has 0 aliphatic rings. The Morgan fingerprint density at radius 3 is 2.42 bits per heavy atom. The van der Waals surface area contributed by atoms with Gasteiger partial charge in [0.05, 0.1) is 14.2 Å². The van der Waals surface area contributed by atoms with Crippen molar-refractivity contribution in [3.8, 4) is 11.5 Å². The first kappa shape index (κ1) is 18.2. The second kappa shape index (κ2) is 8.67. The zero-order valence-electron chi connectivity index (χ0n) is 15.3. The van der Waals surface area contributed by atoms with E-state index in [9.17, 15) is 0 Å². The average Bonchev–Trinajstić information content (AvgIpc) is 3.10. The number of aryl methyl sites for hydroxylation is 1. The molecule has 0 amide bonds. The van der Waals surface area contributed by atoms with Crippen molar-refractivity contribution >= 4 is 16.7 Å². The first-order valence-corrected chi connectivity index (χ1v) is 9.28. The number of methoxy groups -OCH3 is 2. The van der Waals surface area contributed by atoms with Gasteiger partial charge in [-0.15, -0.1) is 0 Å². The maximum absolute atomic E-state index is 5.34. The summed E-state index contributed by atoms with van der Waals surface area (Å²) in [5, 5.41) is 4.20. The molecule has 1 N–H and O–H groups in total. The van der Waals surface area contributed by atoms with Crippen LogP contribution < -0.4 is 14.8 Å². The Hall–Kier alpha value is -2.60. The van der Waals surface area contributed by atoms with Crippen molar-refractivity contribution < 1.29 is 9.47 Å². The lowest BCUT2D eigenvalue weighted by molar-refractivity contribution is 0.354. The number of hydrogen-bond acceptors (Lipinski definition) is 6. The Kier molecular flexibility index (Phi) is 6.07. The van der Waals surface area contributed by atoms with Crippen LogP contribution in [0.2, 0.25) is 0 Å². The van der Waals surface area contributed by atoms with Crippen LogP contribution in [0.15, 0.2) is 42.5 Å². The van der Waals surface area contributed by atoms with Crippen LogP contribution in [0.5, 0.6) is 11.5 Å². The molecule has 0 radical (unpaired) electrons. The van der Waals surface area contributed by atoms with E-state index in [1.54, 1.807) is 14.2 Å². The van der Waals surface area contributed by atoms with E-state index in [0.29, 0.717) is 0 Å². The van der Waals surface area contributed by atoms with Gasteiger partial charge in [0.25, 0.3) is 0 Å². The van der Waals surface area contributed by atoms with Crippen LogP contribution in [0.3, 0.4) is 0 Å². The standard InChI is InChI=1S/C20H23N3O2S/c1-14-4-6-15(7-5-14)13-19-22-20(26-23-19)21-11-10-16-8-9-17(24-2)18(12-16)25-3/h4-9,12H,10-11,13H2,1-3H3,(H,21,22,23). The van der Waals surface area contributed by atoms with Crippen molar-refractivity contribution in [2.75, 3.05) is 26.1 Å². The van der Waals surface area contributed by atoms with E-state index in [4.69, 9.17) is 9.47 Å². The van der Waals surface area contributed by atoms with Crippen LogP contribution in [0.25, 0.3) is 0 Å². The minimum absolute atomic E-state index is 0.745. The van der Waals surface area contributed by atoms with Crippen LogP contribution in [-0.2, 0) is 12.8 Å². The van der Waals surface area contributed by atoms with Crippen LogP contribution in [-0.4, -0.2) is 30.1 Å². The van der Waals surface area contributed by atoms with E-state index in [1.165, 1.54) is 28.2 Å². The molecule has 6 heteroatoms. The molecule has 0 saturated carbocycles. The summed E-state index contributed by atoms with van der Waals surface area (Å²) in [5.41, 5.74) is 3.67. The van der Waals surface area contributed by atoms with Gasteiger partial charge in [-0.2, -0.15) is 4.37 Å². The van der Waals surface area contributed by atoms with Crippen LogP contribution in [0, 0.1) is 6.92 Å². The average molecular weight is 369 g/mol. The number of nitrogens with zero attached hydrogens (tertiary/aromatic N) is 2. The highest BCUT2D eigenvalue weighted by Gasteiger charge is 2.07. The lowest BCUT2D eigenvalue weighted by Crippen LogP contribution is -2.05. The van der Waals surface area contributed by atoms with Crippen LogP contribution in [0.4, 0.5) is 5.13 Å². The highest BCUT2D eigenvalue weighted by molar-refractivity contribution is 7.09. The van der Waals surface area contributed by atoms with Crippen molar-refractivity contribution in [1.82, 2.24) is 9.36 Å². The van der Waals surface area contributed by atoms with E-state index >= 15 is 0 Å². The molecule has 0 aliphatic carbocycles. The van der Waals surface area contributed by atoms with Gasteiger partial charge in [0, 0.05) is 24.5 Å². The molecule has 0 aliphatic heterocycles. The molecule has 2 aromatic carbocycles. The zero-order chi connectivity index (χ0) is 18.4. The van der Waals surface area contributed by atoms with Gasteiger partial charge in [-0.25, -0.2) is 4.98 Å². The molecule has 0 bridgehead atoms. The third kappa shape index (κ3) is 4.73. The molecule has 0 fully saturated rings. The van der Waals surface area contributed by atoms with Gasteiger partial charge >= 0.3 is 0 Å². The third-order valence-corrected chi connectivity index (χ3v) is 4.80. The van der Waals surface area contributed by atoms with Gasteiger partial charge < -0.3 is 14.8 Å². The largest absolute Gasteiger partial charge is 0.493 e. The molecule has 0 spiro atoms. The smallest absolute Gasteiger partial charge is 0.202 e. The number of aromatic nitrogens is 2. The lowest BCUT2D eigenvalue weighted by Gasteiger charge is -2.09. The predicted octanol–water partition coefficient (Wildman–Crippen LogP) is 4.11. The molecule has 0 unspecified atom stereocenters. The van der Waals surface area contributed by atoms with Crippen molar-refractivity contribution in [3.63, 3.8) is 0 Å². The molecular weight excluding hydrogens is 346 g/mol. The summed E-state index contributed by atoms with van der Waals surface area (Å²) in [7, 11) is 3.29. The number of anilines is 1. The Morgan fingerprint density at radius 2 is 1.69 bits per heavy atom. The van der Waals surface area contributed by atoms with Gasteiger partial charge in [0.15, 0.2) is 11.5 Å². The number of ether oxygens (including phenoxy) is 2. The molecule has 5 nitrogen and oxygen atoms in total. The fourth-order valence-electron chi connectivity index (χ4n) is 2.64. The Balaban J connectivity index is 1.52. The van der Waals surface area contributed by atoms with E-state index in [2.05, 4.69) is 45.9 Å². The maximum Gasteiger partial charge on any atom is 0.202 e. The molecule has 1 aromatic heterocycles. The summed E-state index contributed by atoms with van der Waals surface area (Å²) in [6.45, 7) is 2.87. The minimum Gasteiger partial charge on any atom is -0.493 e. The lowest BCUT2D eigenvalue weighted by atomic mass is 10.1. The summed E-state index contributed by atoms with van der Waals surface area (Å²) >= 11 is 1.40. The highest BCUT2D eigenvalue weighted by Crippen LogP contribution is 2.27. The normalized spacial score (nSPS) is 10.6. The third-order valence-electron chi connectivity index (χ3n) is 4.09. The Labute approximate surface area is 158 Å². The minimum atomic E-state index is 0.745. The molecule has 26 heavy (non-hydrogen) atoms. The molecule has 136 valence electrons. The topological polar surface area (TPSA) is 56.3 Å². The van der Waals surface area contributed by atoms with Gasteiger partial charge in [0.1, 0.15) is 5.82 Å². The first-order valence-electron chi connectivity index (χ1n) is 8.51. The molecule has 3 rings (SSSR count). The summed E-state index contributed by atoms with van der Waals surface area (Å²) in [6.07, 6.45) is 1.63. The second-order valence-electron chi connectivity index (χ2n) is 6.04. The van der Waals surface area contributed by atoms with Crippen LogP contribution in [0.1, 0.15) is 22.5 Å². The number of rotatable bonds is 8. The number of nitrogens with one attached hydrogen (secondary N) is 1. The SMILES string of the molecule is COc1ccc(CCNc2nc(Cc3ccc(C)cc3)ns2)cc1OC. The molecule has 3 aromatic rings. The quantitative estimate of drug-likeness (QED) is 0.648. The van der Waals surface area contributed by atoms with Crippen molar-refractivity contribution in [2.24, 2.45) is 0 Å². The Morgan fingerprint density at radius 1 is 0.962 bits per heavy atom. The van der Waals surface area contributed by atoms with E-state index < -0.39 is 0 Å². The second-order valence-corrected chi connectivity index (χ2v) is 6.80. The monoisotopic (exact) mass is 369 g/mol. The van der Waals surface area contributed by atoms with Crippen molar-refractivity contribution in [2.45, 2.75) is 19.8 Å². The molecule has 0 atom stereocenters. The van der Waals surface area contributed by atoms with E-state index in [-0.39, 0.29) is 0 Å². The summed E-state index contributed by atoms with van der Waals surface area (Å²) in [6, 6.07) is 14.5. The predicted molar refractivity (Wildman–Crippen MR) is 106 cm³/mol. The highest BCUT2D eigenvalue weighted by atomic mass is 32.1. The maximum atomic E-state index is 5.34. The summed E-state index contributed by atoms with van der Waals surface area (Å²) < 4.78 is 15.1.